The molecule has 4 aliphatic carbocycles. The standard InChI is InChI=1S/C30H46O10/c1-14(2)9-22(32)40-25-24(34)23(33)20(13-31)39-28(25)38-17-10-18(27(36)37)19-7-8-30-11-16(15(3)26(30)35)5-6-21(30)29(19,4)12-17/h14,16-21,23-26,28,31,33-35H,3,5-13H2,1-2,4H3,(H,36,37)/t16-,17-,18+,19-,20-,21+,23-,24+,25-,26+,28-,29-,30-/m1/s1. The molecule has 1 saturated heterocycles. The Morgan fingerprint density at radius 3 is 2.50 bits per heavy atom. The van der Waals surface area contributed by atoms with Crippen LogP contribution in [0.15, 0.2) is 12.2 Å². The average Bonchev–Trinajstić information content (AvgIpc) is 3.06. The zero-order valence-electron chi connectivity index (χ0n) is 23.8. The topological polar surface area (TPSA) is 163 Å². The van der Waals surface area contributed by atoms with Crippen LogP contribution in [0.3, 0.4) is 0 Å². The monoisotopic (exact) mass is 566 g/mol. The van der Waals surface area contributed by atoms with E-state index in [0.29, 0.717) is 18.8 Å². The summed E-state index contributed by atoms with van der Waals surface area (Å²) in [7, 11) is 0. The zero-order chi connectivity index (χ0) is 29.1. The molecule has 13 atom stereocenters. The fraction of sp³-hybridized carbons (Fsp3) is 0.867. The van der Waals surface area contributed by atoms with Gasteiger partial charge in [0.05, 0.1) is 24.7 Å². The maximum Gasteiger partial charge on any atom is 0.306 e. The van der Waals surface area contributed by atoms with Crippen LogP contribution in [0.25, 0.3) is 0 Å². The predicted molar refractivity (Wildman–Crippen MR) is 142 cm³/mol. The fourth-order valence-corrected chi connectivity index (χ4v) is 9.35. The Bertz CT molecular complexity index is 999. The molecule has 0 radical (unpaired) electrons. The lowest BCUT2D eigenvalue weighted by atomic mass is 9.43. The number of aliphatic carboxylic acids is 1. The second kappa shape index (κ2) is 10.9. The van der Waals surface area contributed by atoms with E-state index in [1.165, 1.54) is 0 Å². The molecule has 0 amide bonds. The number of ether oxygens (including phenoxy) is 3. The van der Waals surface area contributed by atoms with Crippen LogP contribution in [0.5, 0.6) is 0 Å². The molecule has 4 saturated carbocycles. The molecule has 0 aromatic carbocycles. The van der Waals surface area contributed by atoms with Gasteiger partial charge in [0, 0.05) is 11.8 Å². The molecule has 1 aliphatic heterocycles. The van der Waals surface area contributed by atoms with Crippen LogP contribution >= 0.6 is 0 Å². The first-order chi connectivity index (χ1) is 18.8. The van der Waals surface area contributed by atoms with E-state index in [2.05, 4.69) is 13.5 Å². The minimum Gasteiger partial charge on any atom is -0.481 e. The molecule has 0 aromatic heterocycles. The van der Waals surface area contributed by atoms with Crippen molar-refractivity contribution >= 4 is 11.9 Å². The molecular formula is C30H46O10. The quantitative estimate of drug-likeness (QED) is 0.175. The number of fused-ring (bicyclic) bond motifs is 3. The summed E-state index contributed by atoms with van der Waals surface area (Å²) in [5.74, 6) is -1.81. The average molecular weight is 567 g/mol. The van der Waals surface area contributed by atoms with Gasteiger partial charge in [0.25, 0.3) is 0 Å². The molecule has 40 heavy (non-hydrogen) atoms. The van der Waals surface area contributed by atoms with Gasteiger partial charge in [-0.05, 0) is 79.6 Å². The number of carboxylic acid groups (broad SMARTS) is 1. The van der Waals surface area contributed by atoms with Gasteiger partial charge in [-0.3, -0.25) is 9.59 Å². The first-order valence-corrected chi connectivity index (χ1v) is 14.9. The molecule has 5 aliphatic rings. The molecule has 5 fully saturated rings. The number of esters is 1. The molecule has 1 spiro atoms. The maximum atomic E-state index is 12.6. The van der Waals surface area contributed by atoms with E-state index in [9.17, 15) is 35.1 Å². The largest absolute Gasteiger partial charge is 0.481 e. The van der Waals surface area contributed by atoms with E-state index in [-0.39, 0.29) is 36.0 Å². The smallest absolute Gasteiger partial charge is 0.306 e. The van der Waals surface area contributed by atoms with Crippen molar-refractivity contribution in [2.45, 2.75) is 115 Å². The minimum absolute atomic E-state index is 0.00548. The van der Waals surface area contributed by atoms with Crippen LogP contribution in [-0.2, 0) is 23.8 Å². The lowest BCUT2D eigenvalue weighted by Gasteiger charge is -2.62. The SMILES string of the molecule is C=C1[C@@H]2CC[C@H]3[C@]4(C)C[C@H](O[C@@H]5O[C@H](CO)[C@@H](O)[C@H](O)[C@H]5OC(=O)CC(C)C)C[C@H](C(=O)O)[C@H]4CC[C@]3(C2)[C@H]1O. The van der Waals surface area contributed by atoms with E-state index < -0.39 is 72.8 Å². The minimum atomic E-state index is -1.55. The van der Waals surface area contributed by atoms with Crippen molar-refractivity contribution in [3.63, 3.8) is 0 Å². The van der Waals surface area contributed by atoms with Crippen molar-refractivity contribution in [2.24, 2.45) is 40.4 Å². The van der Waals surface area contributed by atoms with Crippen molar-refractivity contribution in [1.29, 1.82) is 0 Å². The van der Waals surface area contributed by atoms with Crippen molar-refractivity contribution in [3.05, 3.63) is 12.2 Å². The molecule has 2 bridgehead atoms. The highest BCUT2D eigenvalue weighted by molar-refractivity contribution is 5.71. The van der Waals surface area contributed by atoms with Crippen LogP contribution in [0.1, 0.15) is 72.1 Å². The van der Waals surface area contributed by atoms with Crippen molar-refractivity contribution in [2.75, 3.05) is 6.61 Å². The number of hydrogen-bond donors (Lipinski definition) is 5. The Balaban J connectivity index is 1.42. The normalized spacial score (nSPS) is 48.4. The zero-order valence-corrected chi connectivity index (χ0v) is 23.8. The van der Waals surface area contributed by atoms with Gasteiger partial charge in [-0.15, -0.1) is 0 Å². The number of aliphatic hydroxyl groups is 4. The maximum absolute atomic E-state index is 12.6. The van der Waals surface area contributed by atoms with Gasteiger partial charge in [0.1, 0.15) is 18.3 Å². The third kappa shape index (κ3) is 4.82. The third-order valence-corrected chi connectivity index (χ3v) is 11.1. The van der Waals surface area contributed by atoms with Crippen molar-refractivity contribution in [3.8, 4) is 0 Å². The predicted octanol–water partition coefficient (Wildman–Crippen LogP) is 2.01. The van der Waals surface area contributed by atoms with Crippen LogP contribution in [0, 0.1) is 40.4 Å². The van der Waals surface area contributed by atoms with E-state index >= 15 is 0 Å². The van der Waals surface area contributed by atoms with Crippen LogP contribution in [-0.4, -0.2) is 87.0 Å². The van der Waals surface area contributed by atoms with Gasteiger partial charge in [0.15, 0.2) is 12.4 Å². The van der Waals surface area contributed by atoms with Gasteiger partial charge in [0.2, 0.25) is 0 Å². The number of carbonyl (C=O) groups excluding carboxylic acids is 1. The third-order valence-electron chi connectivity index (χ3n) is 11.1. The van der Waals surface area contributed by atoms with E-state index in [0.717, 1.165) is 31.3 Å². The second-order valence-electron chi connectivity index (χ2n) is 13.8. The first-order valence-electron chi connectivity index (χ1n) is 14.9. The summed E-state index contributed by atoms with van der Waals surface area (Å²) in [5, 5.41) is 52.8. The molecule has 226 valence electrons. The van der Waals surface area contributed by atoms with E-state index in [4.69, 9.17) is 14.2 Å². The molecule has 5 rings (SSSR count). The van der Waals surface area contributed by atoms with Crippen LogP contribution in [0.4, 0.5) is 0 Å². The second-order valence-corrected chi connectivity index (χ2v) is 13.8. The molecule has 1 heterocycles. The molecule has 10 nitrogen and oxygen atoms in total. The van der Waals surface area contributed by atoms with Crippen LogP contribution < -0.4 is 0 Å². The summed E-state index contributed by atoms with van der Waals surface area (Å²) in [6, 6.07) is 0. The molecule has 0 unspecified atom stereocenters. The van der Waals surface area contributed by atoms with E-state index in [1.54, 1.807) is 0 Å². The Labute approximate surface area is 235 Å². The Kier molecular flexibility index (Phi) is 8.18. The van der Waals surface area contributed by atoms with Gasteiger partial charge in [-0.1, -0.05) is 27.4 Å². The summed E-state index contributed by atoms with van der Waals surface area (Å²) < 4.78 is 17.8. The number of hydrogen-bond acceptors (Lipinski definition) is 9. The van der Waals surface area contributed by atoms with Crippen molar-refractivity contribution in [1.82, 2.24) is 0 Å². The first kappa shape index (κ1) is 29.9. The van der Waals surface area contributed by atoms with Crippen molar-refractivity contribution < 1.29 is 49.3 Å². The Morgan fingerprint density at radius 2 is 1.85 bits per heavy atom. The molecule has 5 N–H and O–H groups in total. The summed E-state index contributed by atoms with van der Waals surface area (Å²) >= 11 is 0. The molecular weight excluding hydrogens is 520 g/mol. The molecule has 0 aromatic rings. The Morgan fingerprint density at radius 1 is 1.12 bits per heavy atom. The lowest BCUT2D eigenvalue weighted by molar-refractivity contribution is -0.322. The van der Waals surface area contributed by atoms with Gasteiger partial charge in [-0.25, -0.2) is 0 Å². The number of aliphatic hydroxyl groups excluding tert-OH is 4. The highest BCUT2D eigenvalue weighted by Gasteiger charge is 2.67. The fourth-order valence-electron chi connectivity index (χ4n) is 9.35. The highest BCUT2D eigenvalue weighted by Crippen LogP contribution is 2.70. The lowest BCUT2D eigenvalue weighted by Crippen LogP contribution is -2.62. The number of carboxylic acids is 1. The summed E-state index contributed by atoms with van der Waals surface area (Å²) in [6.45, 7) is 9.47. The van der Waals surface area contributed by atoms with Gasteiger partial charge >= 0.3 is 11.9 Å². The summed E-state index contributed by atoms with van der Waals surface area (Å²) in [4.78, 5) is 25.1. The van der Waals surface area contributed by atoms with Gasteiger partial charge in [-0.2, -0.15) is 0 Å². The number of carbonyl (C=O) groups is 2. The van der Waals surface area contributed by atoms with Crippen LogP contribution in [0.2, 0.25) is 0 Å². The highest BCUT2D eigenvalue weighted by atomic mass is 16.7. The Hall–Kier alpha value is -1.56. The van der Waals surface area contributed by atoms with E-state index in [1.807, 2.05) is 13.8 Å². The molecule has 10 heteroatoms. The number of rotatable bonds is 7. The van der Waals surface area contributed by atoms with Gasteiger partial charge < -0.3 is 39.7 Å². The summed E-state index contributed by atoms with van der Waals surface area (Å²) in [6.07, 6.45) is -3.01. The summed E-state index contributed by atoms with van der Waals surface area (Å²) in [5.41, 5.74) is 0.162.